The lowest BCUT2D eigenvalue weighted by Gasteiger charge is -2.30. The van der Waals surface area contributed by atoms with Crippen LogP contribution in [0.15, 0.2) is 158 Å². The summed E-state index contributed by atoms with van der Waals surface area (Å²) >= 11 is 1.79. The molecule has 0 unspecified atom stereocenters. The maximum atomic E-state index is 5.23. The molecule has 232 valence electrons. The molecule has 0 amide bonds. The van der Waals surface area contributed by atoms with Crippen LogP contribution in [-0.4, -0.2) is 4.98 Å². The molecule has 0 radical (unpaired) electrons. The van der Waals surface area contributed by atoms with E-state index >= 15 is 0 Å². The van der Waals surface area contributed by atoms with Crippen molar-refractivity contribution in [3.63, 3.8) is 0 Å². The highest BCUT2D eigenvalue weighted by atomic mass is 32.1. The van der Waals surface area contributed by atoms with Gasteiger partial charge in [0.05, 0.1) is 16.3 Å². The smallest absolute Gasteiger partial charge is 0.124 e. The van der Waals surface area contributed by atoms with Crippen molar-refractivity contribution in [3.05, 3.63) is 169 Å². The van der Waals surface area contributed by atoms with Gasteiger partial charge in [0.25, 0.3) is 0 Å². The highest BCUT2D eigenvalue weighted by Crippen LogP contribution is 2.53. The molecule has 1 heterocycles. The van der Waals surface area contributed by atoms with Crippen molar-refractivity contribution in [2.75, 3.05) is 4.90 Å². The maximum Gasteiger partial charge on any atom is 0.124 e. The minimum absolute atomic E-state index is 0.0927. The summed E-state index contributed by atoms with van der Waals surface area (Å²) in [4.78, 5) is 8.92. The molecule has 0 saturated heterocycles. The Bertz CT molecular complexity index is 2520. The lowest BCUT2D eigenvalue weighted by atomic mass is 9.82. The molecule has 0 spiro atoms. The van der Waals surface area contributed by atoms with Gasteiger partial charge in [0.1, 0.15) is 5.01 Å². The van der Waals surface area contributed by atoms with Crippen LogP contribution >= 0.6 is 11.3 Å². The Morgan fingerprint density at radius 2 is 1.16 bits per heavy atom. The fraction of sp³-hybridized carbons (Fsp3) is 0.0652. The molecule has 1 aromatic heterocycles. The number of benzene rings is 7. The van der Waals surface area contributed by atoms with Gasteiger partial charge in [-0.1, -0.05) is 129 Å². The molecule has 49 heavy (non-hydrogen) atoms. The second-order valence-electron chi connectivity index (χ2n) is 13.6. The van der Waals surface area contributed by atoms with Gasteiger partial charge in [-0.15, -0.1) is 11.3 Å². The lowest BCUT2D eigenvalue weighted by molar-refractivity contribution is 0.660. The summed E-state index contributed by atoms with van der Waals surface area (Å²) in [6, 6.07) is 57.5. The SMILES string of the molecule is CC1(C)c2ccccc2-c2ccc(N(c3ccc(-c4nc5c(s4)-c4cccc6cccc-5c46)cc3)c3ccccc3-c3ccccc3)cc21. The van der Waals surface area contributed by atoms with Crippen molar-refractivity contribution in [3.8, 4) is 54.5 Å². The van der Waals surface area contributed by atoms with Crippen LogP contribution in [0, 0.1) is 0 Å². The van der Waals surface area contributed by atoms with E-state index in [1.807, 2.05) is 0 Å². The predicted octanol–water partition coefficient (Wildman–Crippen LogP) is 13.1. The number of hydrogen-bond acceptors (Lipinski definition) is 3. The van der Waals surface area contributed by atoms with E-state index in [2.05, 4.69) is 176 Å². The Labute approximate surface area is 290 Å². The molecule has 0 saturated carbocycles. The number of aromatic nitrogens is 1. The van der Waals surface area contributed by atoms with E-state index in [4.69, 9.17) is 4.98 Å². The molecule has 0 N–H and O–H groups in total. The molecule has 0 aliphatic heterocycles. The van der Waals surface area contributed by atoms with E-state index in [-0.39, 0.29) is 5.41 Å². The average Bonchev–Trinajstić information content (AvgIpc) is 3.79. The van der Waals surface area contributed by atoms with Crippen molar-refractivity contribution in [1.29, 1.82) is 0 Å². The topological polar surface area (TPSA) is 16.1 Å². The highest BCUT2D eigenvalue weighted by molar-refractivity contribution is 7.19. The summed E-state index contributed by atoms with van der Waals surface area (Å²) < 4.78 is 0. The normalized spacial score (nSPS) is 13.3. The fourth-order valence-electron chi connectivity index (χ4n) is 8.08. The zero-order chi connectivity index (χ0) is 32.7. The average molecular weight is 645 g/mol. The second-order valence-corrected chi connectivity index (χ2v) is 14.6. The molecule has 0 bridgehead atoms. The van der Waals surface area contributed by atoms with Crippen LogP contribution in [0.25, 0.3) is 65.3 Å². The molecule has 2 aliphatic carbocycles. The minimum atomic E-state index is -0.0927. The molecule has 3 heteroatoms. The van der Waals surface area contributed by atoms with Gasteiger partial charge in [-0.2, -0.15) is 0 Å². The number of nitrogens with zero attached hydrogens (tertiary/aromatic N) is 2. The zero-order valence-corrected chi connectivity index (χ0v) is 28.1. The van der Waals surface area contributed by atoms with Gasteiger partial charge in [0.2, 0.25) is 0 Å². The first-order valence-corrected chi connectivity index (χ1v) is 17.7. The van der Waals surface area contributed by atoms with Crippen molar-refractivity contribution < 1.29 is 0 Å². The highest BCUT2D eigenvalue weighted by Gasteiger charge is 2.36. The van der Waals surface area contributed by atoms with Gasteiger partial charge in [-0.05, 0) is 81.1 Å². The summed E-state index contributed by atoms with van der Waals surface area (Å²) in [5.74, 6) is 0. The lowest BCUT2D eigenvalue weighted by Crippen LogP contribution is -2.16. The number of hydrogen-bond donors (Lipinski definition) is 0. The molecule has 7 aromatic carbocycles. The van der Waals surface area contributed by atoms with Gasteiger partial charge in [-0.3, -0.25) is 0 Å². The standard InChI is InChI=1S/C46H32N2S/c1-46(2)39-20-8-6-17-35(39)36-27-26-33(28-40(36)46)48(41-21-9-7-16-34(41)29-12-4-3-5-13-29)32-24-22-31(23-25-32)45-47-43-37-18-10-14-30-15-11-19-38(42(30)37)44(43)49-45/h3-28H,1-2H3. The van der Waals surface area contributed by atoms with E-state index in [9.17, 15) is 0 Å². The van der Waals surface area contributed by atoms with Crippen LogP contribution in [0.4, 0.5) is 17.1 Å². The molecule has 2 nitrogen and oxygen atoms in total. The van der Waals surface area contributed by atoms with Crippen LogP contribution in [0.1, 0.15) is 25.0 Å². The first kappa shape index (κ1) is 28.3. The first-order chi connectivity index (χ1) is 24.1. The molecule has 0 fully saturated rings. The molecular weight excluding hydrogens is 613 g/mol. The summed E-state index contributed by atoms with van der Waals surface area (Å²) in [6.07, 6.45) is 0. The fourth-order valence-corrected chi connectivity index (χ4v) is 9.19. The van der Waals surface area contributed by atoms with Crippen molar-refractivity contribution in [2.24, 2.45) is 0 Å². The Morgan fingerprint density at radius 1 is 0.510 bits per heavy atom. The Hall–Kier alpha value is -5.77. The zero-order valence-electron chi connectivity index (χ0n) is 27.3. The Morgan fingerprint density at radius 3 is 1.98 bits per heavy atom. The summed E-state index contributed by atoms with van der Waals surface area (Å²) in [6.45, 7) is 4.70. The quantitative estimate of drug-likeness (QED) is 0.185. The van der Waals surface area contributed by atoms with Crippen LogP contribution < -0.4 is 4.90 Å². The third kappa shape index (κ3) is 4.22. The number of rotatable bonds is 5. The molecular formula is C46H32N2S. The molecule has 8 aromatic rings. The second kappa shape index (κ2) is 10.6. The van der Waals surface area contributed by atoms with Gasteiger partial charge >= 0.3 is 0 Å². The molecule has 0 atom stereocenters. The third-order valence-corrected chi connectivity index (χ3v) is 11.6. The predicted molar refractivity (Wildman–Crippen MR) is 207 cm³/mol. The summed E-state index contributed by atoms with van der Waals surface area (Å²) in [7, 11) is 0. The van der Waals surface area contributed by atoms with E-state index in [1.165, 1.54) is 60.2 Å². The number of thiazole rings is 1. The van der Waals surface area contributed by atoms with Crippen molar-refractivity contribution in [1.82, 2.24) is 4.98 Å². The maximum absolute atomic E-state index is 5.23. The minimum Gasteiger partial charge on any atom is -0.310 e. The van der Waals surface area contributed by atoms with E-state index < -0.39 is 0 Å². The van der Waals surface area contributed by atoms with Crippen molar-refractivity contribution >= 4 is 39.2 Å². The number of para-hydroxylation sites is 1. The molecule has 2 aliphatic rings. The number of fused-ring (bicyclic) bond motifs is 6. The Kier molecular flexibility index (Phi) is 6.12. The first-order valence-electron chi connectivity index (χ1n) is 16.9. The van der Waals surface area contributed by atoms with Gasteiger partial charge < -0.3 is 4.90 Å². The summed E-state index contributed by atoms with van der Waals surface area (Å²) in [5, 5.41) is 3.66. The van der Waals surface area contributed by atoms with Crippen molar-refractivity contribution in [2.45, 2.75) is 19.3 Å². The van der Waals surface area contributed by atoms with Gasteiger partial charge in [0.15, 0.2) is 0 Å². The van der Waals surface area contributed by atoms with Crippen LogP contribution in [0.5, 0.6) is 0 Å². The van der Waals surface area contributed by atoms with E-state index in [0.29, 0.717) is 0 Å². The summed E-state index contributed by atoms with van der Waals surface area (Å²) in [5.41, 5.74) is 15.9. The molecule has 10 rings (SSSR count). The van der Waals surface area contributed by atoms with Crippen LogP contribution in [-0.2, 0) is 5.41 Å². The van der Waals surface area contributed by atoms with Crippen LogP contribution in [0.3, 0.4) is 0 Å². The van der Waals surface area contributed by atoms with E-state index in [0.717, 1.165) is 33.3 Å². The van der Waals surface area contributed by atoms with Crippen LogP contribution in [0.2, 0.25) is 0 Å². The Balaban J connectivity index is 1.10. The monoisotopic (exact) mass is 644 g/mol. The third-order valence-electron chi connectivity index (χ3n) is 10.5. The van der Waals surface area contributed by atoms with Gasteiger partial charge in [-0.25, -0.2) is 4.98 Å². The van der Waals surface area contributed by atoms with E-state index in [1.54, 1.807) is 11.3 Å². The van der Waals surface area contributed by atoms with Gasteiger partial charge in [0, 0.05) is 39.0 Å². The largest absolute Gasteiger partial charge is 0.310 e. The number of anilines is 3.